The van der Waals surface area contributed by atoms with E-state index in [9.17, 15) is 10.1 Å². The van der Waals surface area contributed by atoms with Crippen LogP contribution in [-0.2, 0) is 6.54 Å². The summed E-state index contributed by atoms with van der Waals surface area (Å²) < 4.78 is 5.13. The van der Waals surface area contributed by atoms with Gasteiger partial charge in [0.25, 0.3) is 0 Å². The molecule has 0 saturated carbocycles. The van der Waals surface area contributed by atoms with Crippen molar-refractivity contribution in [2.24, 2.45) is 5.92 Å². The number of furan rings is 1. The van der Waals surface area contributed by atoms with E-state index in [1.165, 1.54) is 6.07 Å². The SMILES string of the molecule is CCC(CC)C(CNCc1ccc([N+](=O)[O-])o1)N(C)C. The number of likely N-dealkylation sites (N-methyl/N-ethyl adjacent to an activating group) is 1. The number of nitrogens with one attached hydrogen (secondary N) is 1. The Bertz CT molecular complexity index is 414. The van der Waals surface area contributed by atoms with Crippen LogP contribution in [0.5, 0.6) is 0 Å². The normalized spacial score (nSPS) is 13.1. The molecule has 0 aliphatic heterocycles. The van der Waals surface area contributed by atoms with Gasteiger partial charge in [0.05, 0.1) is 12.6 Å². The van der Waals surface area contributed by atoms with E-state index in [1.54, 1.807) is 6.07 Å². The first kappa shape index (κ1) is 16.7. The third-order valence-electron chi connectivity index (χ3n) is 3.74. The van der Waals surface area contributed by atoms with Gasteiger partial charge in [-0.15, -0.1) is 0 Å². The van der Waals surface area contributed by atoms with Crippen LogP contribution in [-0.4, -0.2) is 36.5 Å². The van der Waals surface area contributed by atoms with Crippen LogP contribution >= 0.6 is 0 Å². The maximum atomic E-state index is 10.5. The maximum Gasteiger partial charge on any atom is 0.433 e. The Balaban J connectivity index is 2.49. The number of nitrogens with zero attached hydrogens (tertiary/aromatic N) is 2. The molecule has 114 valence electrons. The zero-order chi connectivity index (χ0) is 15.1. The summed E-state index contributed by atoms with van der Waals surface area (Å²) in [5.74, 6) is 1.04. The van der Waals surface area contributed by atoms with Crippen molar-refractivity contribution in [1.29, 1.82) is 0 Å². The molecule has 1 aromatic heterocycles. The number of rotatable bonds is 9. The van der Waals surface area contributed by atoms with Crippen LogP contribution in [0.25, 0.3) is 0 Å². The summed E-state index contributed by atoms with van der Waals surface area (Å²) in [4.78, 5) is 12.3. The average molecular weight is 283 g/mol. The van der Waals surface area contributed by atoms with E-state index in [4.69, 9.17) is 4.42 Å². The summed E-state index contributed by atoms with van der Waals surface area (Å²) in [7, 11) is 4.17. The van der Waals surface area contributed by atoms with Gasteiger partial charge in [-0.25, -0.2) is 0 Å². The first-order valence-electron chi connectivity index (χ1n) is 7.09. The summed E-state index contributed by atoms with van der Waals surface area (Å²) in [6, 6.07) is 3.49. The fourth-order valence-corrected chi connectivity index (χ4v) is 2.51. The molecule has 0 amide bonds. The van der Waals surface area contributed by atoms with Crippen LogP contribution in [0.2, 0.25) is 0 Å². The van der Waals surface area contributed by atoms with Gasteiger partial charge in [-0.1, -0.05) is 26.7 Å². The lowest BCUT2D eigenvalue weighted by Crippen LogP contribution is -2.42. The zero-order valence-corrected chi connectivity index (χ0v) is 12.8. The lowest BCUT2D eigenvalue weighted by molar-refractivity contribution is -0.402. The van der Waals surface area contributed by atoms with Crippen molar-refractivity contribution in [3.63, 3.8) is 0 Å². The van der Waals surface area contributed by atoms with Crippen molar-refractivity contribution in [2.75, 3.05) is 20.6 Å². The lowest BCUT2D eigenvalue weighted by Gasteiger charge is -2.31. The summed E-state index contributed by atoms with van der Waals surface area (Å²) >= 11 is 0. The van der Waals surface area contributed by atoms with Crippen LogP contribution in [0.1, 0.15) is 32.4 Å². The minimum Gasteiger partial charge on any atom is -0.404 e. The molecule has 0 spiro atoms. The van der Waals surface area contributed by atoms with Crippen LogP contribution in [0, 0.1) is 16.0 Å². The third kappa shape index (κ3) is 4.61. The predicted molar refractivity (Wildman–Crippen MR) is 78.6 cm³/mol. The molecular weight excluding hydrogens is 258 g/mol. The highest BCUT2D eigenvalue weighted by molar-refractivity contribution is 5.17. The summed E-state index contributed by atoms with van der Waals surface area (Å²) in [6.45, 7) is 5.77. The van der Waals surface area contributed by atoms with Gasteiger partial charge in [-0.3, -0.25) is 10.1 Å². The van der Waals surface area contributed by atoms with Gasteiger partial charge in [0, 0.05) is 12.6 Å². The summed E-state index contributed by atoms with van der Waals surface area (Å²) in [5, 5.41) is 13.9. The fourth-order valence-electron chi connectivity index (χ4n) is 2.51. The van der Waals surface area contributed by atoms with Gasteiger partial charge < -0.3 is 14.6 Å². The smallest absolute Gasteiger partial charge is 0.404 e. The molecule has 0 bridgehead atoms. The Hall–Kier alpha value is -1.40. The molecular formula is C14H25N3O3. The first-order valence-corrected chi connectivity index (χ1v) is 7.09. The van der Waals surface area contributed by atoms with Gasteiger partial charge in [-0.05, 0) is 26.1 Å². The standard InChI is InChI=1S/C14H25N3O3/c1-5-11(6-2)13(16(3)4)10-15-9-12-7-8-14(20-12)17(18)19/h7-8,11,13,15H,5-6,9-10H2,1-4H3. The Labute approximate surface area is 120 Å². The summed E-state index contributed by atoms with van der Waals surface area (Å²) in [5.41, 5.74) is 0. The molecule has 1 N–H and O–H groups in total. The van der Waals surface area contributed by atoms with Gasteiger partial charge in [0.2, 0.25) is 0 Å². The quantitative estimate of drug-likeness (QED) is 0.557. The van der Waals surface area contributed by atoms with Crippen LogP contribution in [0.15, 0.2) is 16.5 Å². The van der Waals surface area contributed by atoms with E-state index in [0.29, 0.717) is 24.3 Å². The van der Waals surface area contributed by atoms with Gasteiger partial charge in [0.15, 0.2) is 0 Å². The van der Waals surface area contributed by atoms with Crippen molar-refractivity contribution < 1.29 is 9.34 Å². The minimum absolute atomic E-state index is 0.203. The molecule has 1 heterocycles. The highest BCUT2D eigenvalue weighted by Gasteiger charge is 2.20. The van der Waals surface area contributed by atoms with Crippen molar-refractivity contribution in [1.82, 2.24) is 10.2 Å². The molecule has 0 aliphatic rings. The molecule has 1 rings (SSSR count). The predicted octanol–water partition coefficient (Wildman–Crippen LogP) is 2.64. The largest absolute Gasteiger partial charge is 0.433 e. The molecule has 0 aliphatic carbocycles. The molecule has 0 aromatic carbocycles. The fraction of sp³-hybridized carbons (Fsp3) is 0.714. The van der Waals surface area contributed by atoms with E-state index in [2.05, 4.69) is 38.2 Å². The monoisotopic (exact) mass is 283 g/mol. The van der Waals surface area contributed by atoms with Crippen molar-refractivity contribution in [3.05, 3.63) is 28.0 Å². The lowest BCUT2D eigenvalue weighted by atomic mass is 9.93. The highest BCUT2D eigenvalue weighted by atomic mass is 16.6. The Morgan fingerprint density at radius 2 is 2.00 bits per heavy atom. The molecule has 1 unspecified atom stereocenters. The molecule has 6 nitrogen and oxygen atoms in total. The molecule has 0 saturated heterocycles. The second-order valence-electron chi connectivity index (χ2n) is 5.24. The third-order valence-corrected chi connectivity index (χ3v) is 3.74. The van der Waals surface area contributed by atoms with Crippen LogP contribution < -0.4 is 5.32 Å². The van der Waals surface area contributed by atoms with Crippen LogP contribution in [0.3, 0.4) is 0 Å². The second kappa shape index (κ2) is 8.01. The van der Waals surface area contributed by atoms with E-state index >= 15 is 0 Å². The van der Waals surface area contributed by atoms with E-state index in [-0.39, 0.29) is 5.88 Å². The highest BCUT2D eigenvalue weighted by Crippen LogP contribution is 2.17. The molecule has 0 fully saturated rings. The van der Waals surface area contributed by atoms with E-state index < -0.39 is 4.92 Å². The number of hydrogen-bond donors (Lipinski definition) is 1. The number of nitro groups is 1. The first-order chi connectivity index (χ1) is 9.49. The molecule has 6 heteroatoms. The van der Waals surface area contributed by atoms with E-state index in [0.717, 1.165) is 19.4 Å². The molecule has 1 aromatic rings. The Morgan fingerprint density at radius 1 is 1.35 bits per heavy atom. The van der Waals surface area contributed by atoms with Crippen molar-refractivity contribution >= 4 is 5.88 Å². The van der Waals surface area contributed by atoms with Crippen molar-refractivity contribution in [2.45, 2.75) is 39.3 Å². The minimum atomic E-state index is -0.518. The van der Waals surface area contributed by atoms with Gasteiger partial charge in [-0.2, -0.15) is 0 Å². The topological polar surface area (TPSA) is 71.5 Å². The average Bonchev–Trinajstić information content (AvgIpc) is 2.87. The molecule has 1 atom stereocenters. The number of hydrogen-bond acceptors (Lipinski definition) is 5. The van der Waals surface area contributed by atoms with Gasteiger partial charge in [0.1, 0.15) is 10.7 Å². The van der Waals surface area contributed by atoms with E-state index in [1.807, 2.05) is 0 Å². The zero-order valence-electron chi connectivity index (χ0n) is 12.8. The maximum absolute atomic E-state index is 10.5. The summed E-state index contributed by atoms with van der Waals surface area (Å²) in [6.07, 6.45) is 2.29. The molecule has 0 radical (unpaired) electrons. The van der Waals surface area contributed by atoms with Crippen LogP contribution in [0.4, 0.5) is 5.88 Å². The van der Waals surface area contributed by atoms with Gasteiger partial charge >= 0.3 is 5.88 Å². The van der Waals surface area contributed by atoms with Crippen molar-refractivity contribution in [3.8, 4) is 0 Å². The second-order valence-corrected chi connectivity index (χ2v) is 5.24. The Morgan fingerprint density at radius 3 is 2.45 bits per heavy atom. The Kier molecular flexibility index (Phi) is 6.67. The molecule has 20 heavy (non-hydrogen) atoms.